The van der Waals surface area contributed by atoms with Crippen molar-refractivity contribution >= 4 is 45.3 Å². The summed E-state index contributed by atoms with van der Waals surface area (Å²) in [5.41, 5.74) is 1.17. The van der Waals surface area contributed by atoms with Crippen LogP contribution < -0.4 is 5.43 Å². The maximum atomic E-state index is 12.8. The van der Waals surface area contributed by atoms with Gasteiger partial charge in [-0.3, -0.25) is 9.59 Å². The Labute approximate surface area is 202 Å². The number of aliphatic carboxylic acids is 1. The fourth-order valence-corrected chi connectivity index (χ4v) is 4.54. The van der Waals surface area contributed by atoms with Crippen molar-refractivity contribution < 1.29 is 29.3 Å². The number of benzene rings is 4. The molecule has 174 valence electrons. The summed E-state index contributed by atoms with van der Waals surface area (Å²) >= 11 is 6.17. The first-order valence-corrected chi connectivity index (χ1v) is 11.0. The fraction of sp³-hybridized carbons (Fsp3) is 0.0741. The van der Waals surface area contributed by atoms with Gasteiger partial charge in [0.25, 0.3) is 0 Å². The van der Waals surface area contributed by atoms with Crippen molar-refractivity contribution in [3.63, 3.8) is 0 Å². The average Bonchev–Trinajstić information content (AvgIpc) is 2.82. The molecule has 1 atom stereocenters. The molecule has 8 heteroatoms. The molecule has 0 spiro atoms. The number of aromatic carboxylic acids is 1. The van der Waals surface area contributed by atoms with Crippen LogP contribution in [0.15, 0.2) is 69.9 Å². The monoisotopic (exact) mass is 488 g/mol. The van der Waals surface area contributed by atoms with E-state index in [9.17, 15) is 29.7 Å². The van der Waals surface area contributed by atoms with Crippen molar-refractivity contribution in [2.24, 2.45) is 0 Å². The van der Waals surface area contributed by atoms with E-state index in [4.69, 9.17) is 16.0 Å². The van der Waals surface area contributed by atoms with Crippen molar-refractivity contribution in [1.29, 1.82) is 0 Å². The number of hydrogen-bond acceptors (Lipinski definition) is 5. The first-order valence-electron chi connectivity index (χ1n) is 10.6. The second kappa shape index (κ2) is 8.14. The summed E-state index contributed by atoms with van der Waals surface area (Å²) in [5, 5.41) is 31.2. The van der Waals surface area contributed by atoms with Crippen LogP contribution in [0.4, 0.5) is 0 Å². The predicted octanol–water partition coefficient (Wildman–Crippen LogP) is 5.96. The number of carboxylic acids is 2. The maximum absolute atomic E-state index is 12.8. The summed E-state index contributed by atoms with van der Waals surface area (Å²) in [6.45, 7) is 1.41. The van der Waals surface area contributed by atoms with Gasteiger partial charge >= 0.3 is 11.9 Å². The summed E-state index contributed by atoms with van der Waals surface area (Å²) in [4.78, 5) is 36.5. The van der Waals surface area contributed by atoms with Crippen LogP contribution in [0.5, 0.6) is 5.75 Å². The van der Waals surface area contributed by atoms with E-state index in [0.29, 0.717) is 38.4 Å². The Bertz CT molecular complexity index is 1720. The van der Waals surface area contributed by atoms with Crippen LogP contribution in [-0.2, 0) is 4.79 Å². The van der Waals surface area contributed by atoms with E-state index in [2.05, 4.69) is 0 Å². The number of rotatable bonds is 4. The van der Waals surface area contributed by atoms with Gasteiger partial charge in [0.1, 0.15) is 17.1 Å². The second-order valence-electron chi connectivity index (χ2n) is 8.24. The van der Waals surface area contributed by atoms with Gasteiger partial charge < -0.3 is 19.7 Å². The largest absolute Gasteiger partial charge is 0.506 e. The molecule has 0 saturated heterocycles. The van der Waals surface area contributed by atoms with Gasteiger partial charge in [0.2, 0.25) is 0 Å². The van der Waals surface area contributed by atoms with E-state index in [1.807, 2.05) is 0 Å². The molecule has 0 aromatic heterocycles. The van der Waals surface area contributed by atoms with Crippen molar-refractivity contribution in [2.45, 2.75) is 12.8 Å². The van der Waals surface area contributed by atoms with Crippen LogP contribution in [0.1, 0.15) is 28.8 Å². The van der Waals surface area contributed by atoms with Crippen molar-refractivity contribution in [3.8, 4) is 28.2 Å². The maximum Gasteiger partial charge on any atom is 0.336 e. The number of carbonyl (C=O) groups is 2. The molecule has 0 bridgehead atoms. The van der Waals surface area contributed by atoms with Crippen LogP contribution in [0.3, 0.4) is 0 Å². The van der Waals surface area contributed by atoms with Gasteiger partial charge in [0.05, 0.1) is 16.5 Å². The molecular weight excluding hydrogens is 472 g/mol. The van der Waals surface area contributed by atoms with E-state index in [1.54, 1.807) is 30.3 Å². The standard InChI is InChI=1S/C27H17ClO7/c1-12(26(31)32)17-9-19-23(11-21(17)29)35-25-16(7-6-13-8-22(30)20(28)10-18(13)25)24(19)14-4-2-3-5-15(14)27(33)34/h2-12,30H,1H3,(H,31,32)(H,33,34). The highest BCUT2D eigenvalue weighted by molar-refractivity contribution is 6.33. The van der Waals surface area contributed by atoms with Crippen molar-refractivity contribution in [1.82, 2.24) is 0 Å². The van der Waals surface area contributed by atoms with Gasteiger partial charge in [-0.15, -0.1) is 0 Å². The van der Waals surface area contributed by atoms with E-state index in [1.165, 1.54) is 37.3 Å². The van der Waals surface area contributed by atoms with E-state index in [0.717, 1.165) is 0 Å². The third-order valence-corrected chi connectivity index (χ3v) is 6.47. The van der Waals surface area contributed by atoms with Gasteiger partial charge in [0.15, 0.2) is 5.43 Å². The topological polar surface area (TPSA) is 125 Å². The first-order chi connectivity index (χ1) is 16.7. The Morgan fingerprint density at radius 3 is 2.40 bits per heavy atom. The minimum Gasteiger partial charge on any atom is -0.506 e. The van der Waals surface area contributed by atoms with Crippen molar-refractivity contribution in [3.05, 3.63) is 87.0 Å². The summed E-state index contributed by atoms with van der Waals surface area (Å²) in [6, 6.07) is 15.6. The molecule has 1 unspecified atom stereocenters. The highest BCUT2D eigenvalue weighted by Crippen LogP contribution is 2.44. The Kier molecular flexibility index (Phi) is 5.22. The molecule has 0 radical (unpaired) electrons. The van der Waals surface area contributed by atoms with E-state index in [-0.39, 0.29) is 27.7 Å². The highest BCUT2D eigenvalue weighted by Gasteiger charge is 2.26. The lowest BCUT2D eigenvalue weighted by Gasteiger charge is -2.19. The van der Waals surface area contributed by atoms with Crippen LogP contribution in [-0.4, -0.2) is 27.3 Å². The number of carboxylic acid groups (broad SMARTS) is 2. The number of phenols is 1. The molecule has 0 amide bonds. The number of aromatic hydroxyl groups is 1. The molecule has 0 saturated carbocycles. The summed E-state index contributed by atoms with van der Waals surface area (Å²) < 4.78 is 6.16. The van der Waals surface area contributed by atoms with Crippen LogP contribution in [0.2, 0.25) is 5.02 Å². The Hall–Kier alpha value is -4.36. The lowest BCUT2D eigenvalue weighted by Crippen LogP contribution is -2.18. The minimum absolute atomic E-state index is 0.0316. The second-order valence-corrected chi connectivity index (χ2v) is 8.65. The molecule has 5 rings (SSSR count). The third kappa shape index (κ3) is 3.57. The summed E-state index contributed by atoms with van der Waals surface area (Å²) in [7, 11) is 0. The van der Waals surface area contributed by atoms with Crippen LogP contribution in [0, 0.1) is 0 Å². The van der Waals surface area contributed by atoms with Gasteiger partial charge in [-0.2, -0.15) is 0 Å². The van der Waals surface area contributed by atoms with Gasteiger partial charge in [-0.25, -0.2) is 4.79 Å². The molecule has 1 heterocycles. The average molecular weight is 489 g/mol. The first kappa shape index (κ1) is 22.4. The lowest BCUT2D eigenvalue weighted by atomic mass is 9.87. The van der Waals surface area contributed by atoms with Gasteiger partial charge in [-0.1, -0.05) is 35.9 Å². The molecule has 3 aromatic rings. The molecule has 3 N–H and O–H groups in total. The van der Waals surface area contributed by atoms with Crippen LogP contribution >= 0.6 is 11.6 Å². The lowest BCUT2D eigenvalue weighted by molar-refractivity contribution is -0.138. The number of halogens is 1. The highest BCUT2D eigenvalue weighted by atomic mass is 35.5. The van der Waals surface area contributed by atoms with Gasteiger partial charge in [0, 0.05) is 33.5 Å². The zero-order valence-electron chi connectivity index (χ0n) is 18.2. The quantitative estimate of drug-likeness (QED) is 0.210. The molecule has 7 nitrogen and oxygen atoms in total. The molecule has 35 heavy (non-hydrogen) atoms. The number of hydrogen-bond donors (Lipinski definition) is 3. The van der Waals surface area contributed by atoms with Crippen molar-refractivity contribution in [2.75, 3.05) is 0 Å². The SMILES string of the molecule is CC(C(=O)O)c1cc2c(-c3ccccc3C(=O)O)c3ccc4cc(O)c(Cl)cc4c3oc-2cc1=O. The number of fused-ring (bicyclic) bond motifs is 4. The van der Waals surface area contributed by atoms with Gasteiger partial charge in [-0.05, 0) is 48.2 Å². The third-order valence-electron chi connectivity index (χ3n) is 6.16. The normalized spacial score (nSPS) is 12.3. The molecule has 1 aliphatic heterocycles. The Balaban J connectivity index is 2.02. The summed E-state index contributed by atoms with van der Waals surface area (Å²) in [6.07, 6.45) is 0. The van der Waals surface area contributed by atoms with Crippen LogP contribution in [0.25, 0.3) is 44.2 Å². The summed E-state index contributed by atoms with van der Waals surface area (Å²) in [5.74, 6) is -3.33. The smallest absolute Gasteiger partial charge is 0.336 e. The Morgan fingerprint density at radius 2 is 1.69 bits per heavy atom. The zero-order chi connectivity index (χ0) is 25.0. The minimum atomic E-state index is -1.16. The van der Waals surface area contributed by atoms with E-state index >= 15 is 0 Å². The Morgan fingerprint density at radius 1 is 0.943 bits per heavy atom. The predicted molar refractivity (Wildman–Crippen MR) is 132 cm³/mol. The molecule has 0 fully saturated rings. The molecule has 2 aliphatic rings. The van der Waals surface area contributed by atoms with E-state index < -0.39 is 23.3 Å². The fourth-order valence-electron chi connectivity index (χ4n) is 4.38. The molecule has 3 aromatic carbocycles. The number of phenolic OH excluding ortho intramolecular Hbond substituents is 1. The zero-order valence-corrected chi connectivity index (χ0v) is 19.0. The molecule has 1 aliphatic carbocycles. The molecular formula is C27H17ClO7.